The maximum atomic E-state index is 12.7. The summed E-state index contributed by atoms with van der Waals surface area (Å²) in [7, 11) is 0. The summed E-state index contributed by atoms with van der Waals surface area (Å²) in [5, 5.41) is 11.0. The molecule has 1 saturated carbocycles. The topological polar surface area (TPSA) is 89.0 Å². The maximum absolute atomic E-state index is 12.7. The van der Waals surface area contributed by atoms with Crippen molar-refractivity contribution in [3.63, 3.8) is 0 Å². The molecule has 2 aromatic rings. The number of carboxylic acid groups (broad SMARTS) is 1. The Bertz CT molecular complexity index is 895. The Morgan fingerprint density at radius 3 is 2.78 bits per heavy atom. The van der Waals surface area contributed by atoms with Crippen molar-refractivity contribution in [2.45, 2.75) is 31.0 Å². The number of amides is 1. The van der Waals surface area contributed by atoms with Gasteiger partial charge in [0, 0.05) is 24.0 Å². The zero-order valence-corrected chi connectivity index (χ0v) is 17.9. The summed E-state index contributed by atoms with van der Waals surface area (Å²) in [6.07, 6.45) is 1.56. The summed E-state index contributed by atoms with van der Waals surface area (Å²) in [5.41, 5.74) is 0.509. The van der Waals surface area contributed by atoms with Crippen LogP contribution in [0.4, 0.5) is 13.2 Å². The molecule has 11 heteroatoms. The Kier molecular flexibility index (Phi) is 7.73. The van der Waals surface area contributed by atoms with E-state index in [-0.39, 0.29) is 11.5 Å². The van der Waals surface area contributed by atoms with Gasteiger partial charge in [0.15, 0.2) is 0 Å². The lowest BCUT2D eigenvalue weighted by Gasteiger charge is -2.44. The van der Waals surface area contributed by atoms with Crippen molar-refractivity contribution in [3.8, 4) is 5.75 Å². The van der Waals surface area contributed by atoms with Gasteiger partial charge in [-0.2, -0.15) is 24.5 Å². The van der Waals surface area contributed by atoms with Gasteiger partial charge in [0.05, 0.1) is 37.1 Å². The first-order valence-corrected chi connectivity index (χ1v) is 10.9. The first kappa shape index (κ1) is 24.0. The van der Waals surface area contributed by atoms with Crippen LogP contribution in [0, 0.1) is 5.92 Å². The number of ether oxygens (including phenoxy) is 2. The van der Waals surface area contributed by atoms with E-state index in [9.17, 15) is 18.0 Å². The Hall–Kier alpha value is -2.66. The van der Waals surface area contributed by atoms with Crippen molar-refractivity contribution in [3.05, 3.63) is 46.9 Å². The fraction of sp³-hybridized carbons (Fsp3) is 0.476. The average molecular weight is 472 g/mol. The van der Waals surface area contributed by atoms with Crippen molar-refractivity contribution in [2.75, 3.05) is 26.3 Å². The molecule has 1 amide bonds. The maximum Gasteiger partial charge on any atom is 0.490 e. The number of morpholine rings is 1. The largest absolute Gasteiger partial charge is 0.492 e. The van der Waals surface area contributed by atoms with Gasteiger partial charge in [0.2, 0.25) is 0 Å². The van der Waals surface area contributed by atoms with E-state index in [1.807, 2.05) is 33.9 Å². The SMILES string of the molecule is O=C(O)C(F)(F)F.O=C(c1ccsc1)N1CCO[C@]2(CCC[C@H]2COc2cccnc2)C1. The molecular formula is C21H23F3N2O5S. The molecule has 1 aliphatic carbocycles. The summed E-state index contributed by atoms with van der Waals surface area (Å²) in [5.74, 6) is -1.56. The molecule has 1 aliphatic heterocycles. The van der Waals surface area contributed by atoms with E-state index in [2.05, 4.69) is 4.98 Å². The summed E-state index contributed by atoms with van der Waals surface area (Å²) in [6.45, 7) is 2.51. The normalized spacial score (nSPS) is 22.8. The Labute approximate surface area is 186 Å². The van der Waals surface area contributed by atoms with Crippen molar-refractivity contribution >= 4 is 23.2 Å². The van der Waals surface area contributed by atoms with Gasteiger partial charge in [0.1, 0.15) is 5.75 Å². The van der Waals surface area contributed by atoms with Crippen LogP contribution in [0.5, 0.6) is 5.75 Å². The number of hydrogen-bond acceptors (Lipinski definition) is 6. The summed E-state index contributed by atoms with van der Waals surface area (Å²) >= 11 is 1.56. The number of thiophene rings is 1. The van der Waals surface area contributed by atoms with E-state index in [0.29, 0.717) is 32.2 Å². The molecule has 32 heavy (non-hydrogen) atoms. The second-order valence-electron chi connectivity index (χ2n) is 7.54. The van der Waals surface area contributed by atoms with Crippen LogP contribution in [-0.4, -0.2) is 64.9 Å². The van der Waals surface area contributed by atoms with Crippen molar-refractivity contribution in [1.82, 2.24) is 9.88 Å². The van der Waals surface area contributed by atoms with Gasteiger partial charge < -0.3 is 19.5 Å². The number of carboxylic acids is 1. The first-order valence-electron chi connectivity index (χ1n) is 10.00. The van der Waals surface area contributed by atoms with Gasteiger partial charge in [-0.3, -0.25) is 9.78 Å². The van der Waals surface area contributed by atoms with Gasteiger partial charge >= 0.3 is 12.1 Å². The molecule has 7 nitrogen and oxygen atoms in total. The highest BCUT2D eigenvalue weighted by Crippen LogP contribution is 2.41. The molecule has 2 fully saturated rings. The summed E-state index contributed by atoms with van der Waals surface area (Å²) < 4.78 is 43.9. The van der Waals surface area contributed by atoms with Crippen LogP contribution in [0.1, 0.15) is 29.6 Å². The number of aromatic nitrogens is 1. The third-order valence-corrected chi connectivity index (χ3v) is 6.17. The number of alkyl halides is 3. The van der Waals surface area contributed by atoms with Gasteiger partial charge in [-0.15, -0.1) is 0 Å². The molecule has 2 aromatic heterocycles. The van der Waals surface area contributed by atoms with Crippen LogP contribution in [0.3, 0.4) is 0 Å². The molecular weight excluding hydrogens is 449 g/mol. The number of hydrogen-bond donors (Lipinski definition) is 1. The number of halogens is 3. The standard InChI is InChI=1S/C19H22N2O3S.C2HF3O2/c22-18(15-5-10-25-13-15)21-8-9-24-19(14-21)6-1-3-16(19)12-23-17-4-2-7-20-11-17;3-2(4,5)1(6)7/h2,4-5,7,10-11,13,16H,1,3,6,8-9,12,14H2;(H,6,7)/t16-,19+;/m0./s1. The summed E-state index contributed by atoms with van der Waals surface area (Å²) in [4.78, 5) is 27.7. The van der Waals surface area contributed by atoms with E-state index in [0.717, 1.165) is 30.6 Å². The van der Waals surface area contributed by atoms with Crippen molar-refractivity contribution in [2.24, 2.45) is 5.92 Å². The molecule has 174 valence electrons. The van der Waals surface area contributed by atoms with Crippen LogP contribution in [0.25, 0.3) is 0 Å². The van der Waals surface area contributed by atoms with Crippen LogP contribution >= 0.6 is 11.3 Å². The zero-order valence-electron chi connectivity index (χ0n) is 17.1. The molecule has 0 radical (unpaired) electrons. The van der Waals surface area contributed by atoms with Crippen LogP contribution in [0.15, 0.2) is 41.4 Å². The highest BCUT2D eigenvalue weighted by Gasteiger charge is 2.48. The van der Waals surface area contributed by atoms with Crippen LogP contribution in [-0.2, 0) is 9.53 Å². The smallest absolute Gasteiger partial charge is 0.490 e. The molecule has 3 heterocycles. The highest BCUT2D eigenvalue weighted by atomic mass is 32.1. The Morgan fingerprint density at radius 2 is 2.16 bits per heavy atom. The molecule has 1 N–H and O–H groups in total. The number of aliphatic carboxylic acids is 1. The lowest BCUT2D eigenvalue weighted by atomic mass is 9.89. The first-order chi connectivity index (χ1) is 15.2. The Morgan fingerprint density at radius 1 is 1.38 bits per heavy atom. The van der Waals surface area contributed by atoms with Crippen LogP contribution in [0.2, 0.25) is 0 Å². The lowest BCUT2D eigenvalue weighted by Crippen LogP contribution is -2.56. The number of pyridine rings is 1. The quantitative estimate of drug-likeness (QED) is 0.727. The fourth-order valence-electron chi connectivity index (χ4n) is 3.93. The molecule has 4 rings (SSSR count). The van der Waals surface area contributed by atoms with Gasteiger partial charge in [0.25, 0.3) is 5.91 Å². The molecule has 1 spiro atoms. The minimum atomic E-state index is -5.08. The molecule has 0 unspecified atom stereocenters. The van der Waals surface area contributed by atoms with Gasteiger partial charge in [-0.05, 0) is 42.8 Å². The van der Waals surface area contributed by atoms with E-state index in [4.69, 9.17) is 19.4 Å². The molecule has 0 bridgehead atoms. The zero-order chi connectivity index (χ0) is 23.2. The fourth-order valence-corrected chi connectivity index (χ4v) is 4.56. The number of carbonyl (C=O) groups is 2. The third-order valence-electron chi connectivity index (χ3n) is 5.49. The predicted molar refractivity (Wildman–Crippen MR) is 110 cm³/mol. The lowest BCUT2D eigenvalue weighted by molar-refractivity contribution is -0.192. The van der Waals surface area contributed by atoms with Crippen molar-refractivity contribution in [1.29, 1.82) is 0 Å². The second kappa shape index (κ2) is 10.3. The summed E-state index contributed by atoms with van der Waals surface area (Å²) in [6, 6.07) is 5.69. The number of carbonyl (C=O) groups excluding carboxylic acids is 1. The van der Waals surface area contributed by atoms with E-state index in [1.54, 1.807) is 23.7 Å². The monoisotopic (exact) mass is 472 g/mol. The number of rotatable bonds is 4. The number of nitrogens with zero attached hydrogens (tertiary/aromatic N) is 2. The van der Waals surface area contributed by atoms with Gasteiger partial charge in [-0.25, -0.2) is 4.79 Å². The van der Waals surface area contributed by atoms with Crippen LogP contribution < -0.4 is 4.74 Å². The molecule has 1 saturated heterocycles. The van der Waals surface area contributed by atoms with Gasteiger partial charge in [-0.1, -0.05) is 0 Å². The van der Waals surface area contributed by atoms with E-state index < -0.39 is 12.1 Å². The predicted octanol–water partition coefficient (Wildman–Crippen LogP) is 3.87. The third kappa shape index (κ3) is 5.98. The van der Waals surface area contributed by atoms with Crippen molar-refractivity contribution < 1.29 is 37.3 Å². The highest BCUT2D eigenvalue weighted by molar-refractivity contribution is 7.08. The van der Waals surface area contributed by atoms with E-state index in [1.165, 1.54) is 0 Å². The molecule has 2 atom stereocenters. The minimum absolute atomic E-state index is 0.114. The second-order valence-corrected chi connectivity index (χ2v) is 8.32. The average Bonchev–Trinajstić information content (AvgIpc) is 3.43. The Balaban J connectivity index is 0.000000360. The van der Waals surface area contributed by atoms with E-state index >= 15 is 0 Å². The molecule has 2 aliphatic rings. The minimum Gasteiger partial charge on any atom is -0.492 e. The molecule has 0 aromatic carbocycles.